The maximum absolute atomic E-state index is 12.9. The van der Waals surface area contributed by atoms with Gasteiger partial charge >= 0.3 is 0 Å². The van der Waals surface area contributed by atoms with Crippen LogP contribution in [0.5, 0.6) is 0 Å². The fraction of sp³-hybridized carbons (Fsp3) is 0.455. The minimum absolute atomic E-state index is 0. The van der Waals surface area contributed by atoms with Crippen LogP contribution in [0.4, 0.5) is 8.78 Å². The summed E-state index contributed by atoms with van der Waals surface area (Å²) in [6.45, 7) is 0.298. The molecule has 1 aromatic carbocycles. The molecular formula is C11H14ClF2N. The molecule has 0 radical (unpaired) electrons. The van der Waals surface area contributed by atoms with E-state index in [2.05, 4.69) is 0 Å². The van der Waals surface area contributed by atoms with E-state index in [1.807, 2.05) is 30.3 Å². The summed E-state index contributed by atoms with van der Waals surface area (Å²) < 4.78 is 25.7. The first-order valence-electron chi connectivity index (χ1n) is 4.71. The molecule has 0 aromatic heterocycles. The van der Waals surface area contributed by atoms with Gasteiger partial charge in [-0.15, -0.1) is 12.4 Å². The molecule has 2 rings (SSSR count). The zero-order chi connectivity index (χ0) is 10.2. The molecule has 1 nitrogen and oxygen atoms in total. The van der Waals surface area contributed by atoms with Crippen molar-refractivity contribution in [3.8, 4) is 0 Å². The fourth-order valence-electron chi connectivity index (χ4n) is 2.20. The number of rotatable bonds is 2. The zero-order valence-electron chi connectivity index (χ0n) is 8.25. The van der Waals surface area contributed by atoms with Gasteiger partial charge in [0.25, 0.3) is 0 Å². The standard InChI is InChI=1S/C11H13F2N.ClH/c12-11(13)6-10(7-11,8-14)9-4-2-1-3-5-9;/h1-5H,6-8,14H2;1H. The summed E-state index contributed by atoms with van der Waals surface area (Å²) >= 11 is 0. The number of nitrogens with two attached hydrogens (primary N) is 1. The van der Waals surface area contributed by atoms with Crippen molar-refractivity contribution in [3.05, 3.63) is 35.9 Å². The lowest BCUT2D eigenvalue weighted by atomic mass is 9.62. The topological polar surface area (TPSA) is 26.0 Å². The highest BCUT2D eigenvalue weighted by molar-refractivity contribution is 5.85. The predicted molar refractivity (Wildman–Crippen MR) is 58.6 cm³/mol. The average molecular weight is 234 g/mol. The van der Waals surface area contributed by atoms with E-state index in [-0.39, 0.29) is 25.2 Å². The molecule has 0 aliphatic heterocycles. The second-order valence-electron chi connectivity index (χ2n) is 4.06. The van der Waals surface area contributed by atoms with Gasteiger partial charge in [-0.2, -0.15) is 0 Å². The van der Waals surface area contributed by atoms with E-state index >= 15 is 0 Å². The molecule has 0 heterocycles. The Labute approximate surface area is 94.1 Å². The number of halogens is 3. The van der Waals surface area contributed by atoms with Gasteiger partial charge in [0.1, 0.15) is 0 Å². The normalized spacial score (nSPS) is 21.3. The van der Waals surface area contributed by atoms with E-state index in [1.165, 1.54) is 0 Å². The van der Waals surface area contributed by atoms with Crippen LogP contribution in [0, 0.1) is 0 Å². The fourth-order valence-corrected chi connectivity index (χ4v) is 2.20. The third-order valence-corrected chi connectivity index (χ3v) is 2.97. The molecule has 0 saturated heterocycles. The van der Waals surface area contributed by atoms with Crippen molar-refractivity contribution < 1.29 is 8.78 Å². The van der Waals surface area contributed by atoms with Gasteiger partial charge in [0.15, 0.2) is 0 Å². The lowest BCUT2D eigenvalue weighted by Crippen LogP contribution is -2.53. The third kappa shape index (κ3) is 2.13. The Morgan fingerprint density at radius 2 is 1.67 bits per heavy atom. The Balaban J connectivity index is 0.00000112. The summed E-state index contributed by atoms with van der Waals surface area (Å²) in [4.78, 5) is 0. The maximum Gasteiger partial charge on any atom is 0.250 e. The quantitative estimate of drug-likeness (QED) is 0.835. The van der Waals surface area contributed by atoms with Crippen molar-refractivity contribution in [2.45, 2.75) is 24.2 Å². The van der Waals surface area contributed by atoms with Gasteiger partial charge in [0, 0.05) is 24.8 Å². The maximum atomic E-state index is 12.9. The van der Waals surface area contributed by atoms with Gasteiger partial charge in [0.2, 0.25) is 5.92 Å². The van der Waals surface area contributed by atoms with E-state index in [1.54, 1.807) is 0 Å². The average Bonchev–Trinajstić information content (AvgIpc) is 2.15. The molecule has 0 amide bonds. The molecule has 1 aliphatic carbocycles. The van der Waals surface area contributed by atoms with Gasteiger partial charge in [-0.25, -0.2) is 8.78 Å². The van der Waals surface area contributed by atoms with Crippen molar-refractivity contribution in [2.24, 2.45) is 5.73 Å². The first kappa shape index (κ1) is 12.4. The van der Waals surface area contributed by atoms with Crippen molar-refractivity contribution in [1.82, 2.24) is 0 Å². The second kappa shape index (κ2) is 4.06. The number of hydrogen-bond acceptors (Lipinski definition) is 1. The van der Waals surface area contributed by atoms with Crippen LogP contribution in [0.15, 0.2) is 30.3 Å². The Bertz CT molecular complexity index is 319. The van der Waals surface area contributed by atoms with Crippen molar-refractivity contribution in [3.63, 3.8) is 0 Å². The Morgan fingerprint density at radius 1 is 1.13 bits per heavy atom. The van der Waals surface area contributed by atoms with Gasteiger partial charge < -0.3 is 5.73 Å². The van der Waals surface area contributed by atoms with E-state index in [9.17, 15) is 8.78 Å². The summed E-state index contributed by atoms with van der Waals surface area (Å²) in [6.07, 6.45) is -0.221. The highest BCUT2D eigenvalue weighted by atomic mass is 35.5. The molecule has 0 spiro atoms. The molecule has 2 N–H and O–H groups in total. The number of benzene rings is 1. The third-order valence-electron chi connectivity index (χ3n) is 2.97. The molecule has 4 heteroatoms. The molecular weight excluding hydrogens is 220 g/mol. The van der Waals surface area contributed by atoms with Gasteiger partial charge in [-0.05, 0) is 5.56 Å². The molecule has 84 valence electrons. The van der Waals surface area contributed by atoms with E-state index in [4.69, 9.17) is 5.73 Å². The Kier molecular flexibility index (Phi) is 3.36. The van der Waals surface area contributed by atoms with Crippen molar-refractivity contribution in [2.75, 3.05) is 6.54 Å². The molecule has 1 fully saturated rings. The van der Waals surface area contributed by atoms with E-state index in [0.717, 1.165) is 5.56 Å². The minimum atomic E-state index is -2.52. The van der Waals surface area contributed by atoms with Crippen LogP contribution in [0.25, 0.3) is 0 Å². The van der Waals surface area contributed by atoms with E-state index in [0.29, 0.717) is 6.54 Å². The van der Waals surface area contributed by atoms with Crippen LogP contribution in [0.1, 0.15) is 18.4 Å². The number of alkyl halides is 2. The van der Waals surface area contributed by atoms with E-state index < -0.39 is 11.3 Å². The van der Waals surface area contributed by atoms with Crippen LogP contribution < -0.4 is 5.73 Å². The zero-order valence-corrected chi connectivity index (χ0v) is 9.07. The summed E-state index contributed by atoms with van der Waals surface area (Å²) in [5.41, 5.74) is 6.05. The van der Waals surface area contributed by atoms with Gasteiger partial charge in [-0.3, -0.25) is 0 Å². The van der Waals surface area contributed by atoms with Crippen LogP contribution in [-0.2, 0) is 5.41 Å². The summed E-state index contributed by atoms with van der Waals surface area (Å²) in [5, 5.41) is 0. The summed E-state index contributed by atoms with van der Waals surface area (Å²) in [5.74, 6) is -2.52. The second-order valence-corrected chi connectivity index (χ2v) is 4.06. The largest absolute Gasteiger partial charge is 0.330 e. The van der Waals surface area contributed by atoms with Crippen molar-refractivity contribution >= 4 is 12.4 Å². The van der Waals surface area contributed by atoms with Crippen LogP contribution >= 0.6 is 12.4 Å². The molecule has 0 atom stereocenters. The first-order valence-corrected chi connectivity index (χ1v) is 4.71. The summed E-state index contributed by atoms with van der Waals surface area (Å²) in [7, 11) is 0. The Morgan fingerprint density at radius 3 is 2.07 bits per heavy atom. The van der Waals surface area contributed by atoms with Gasteiger partial charge in [-0.1, -0.05) is 30.3 Å². The van der Waals surface area contributed by atoms with Crippen LogP contribution in [0.2, 0.25) is 0 Å². The summed E-state index contributed by atoms with van der Waals surface area (Å²) in [6, 6.07) is 9.36. The van der Waals surface area contributed by atoms with Gasteiger partial charge in [0.05, 0.1) is 0 Å². The molecule has 1 aromatic rings. The lowest BCUT2D eigenvalue weighted by molar-refractivity contribution is -0.123. The first-order chi connectivity index (χ1) is 6.58. The van der Waals surface area contributed by atoms with Crippen molar-refractivity contribution in [1.29, 1.82) is 0 Å². The molecule has 1 aliphatic rings. The number of hydrogen-bond donors (Lipinski definition) is 1. The minimum Gasteiger partial charge on any atom is -0.330 e. The highest BCUT2D eigenvalue weighted by Crippen LogP contribution is 2.52. The van der Waals surface area contributed by atoms with Crippen LogP contribution in [0.3, 0.4) is 0 Å². The van der Waals surface area contributed by atoms with Crippen LogP contribution in [-0.4, -0.2) is 12.5 Å². The predicted octanol–water partition coefficient (Wildman–Crippen LogP) is 2.73. The Hall–Kier alpha value is -0.670. The molecule has 0 unspecified atom stereocenters. The highest BCUT2D eigenvalue weighted by Gasteiger charge is 2.56. The molecule has 0 bridgehead atoms. The SMILES string of the molecule is Cl.NCC1(c2ccccc2)CC(F)(F)C1. The molecule has 15 heavy (non-hydrogen) atoms. The lowest BCUT2D eigenvalue weighted by Gasteiger charge is -2.47. The monoisotopic (exact) mass is 233 g/mol. The molecule has 1 saturated carbocycles. The smallest absolute Gasteiger partial charge is 0.250 e.